The number of carbonyl (C=O) groups excluding carboxylic acids is 2. The number of hydrogen-bond donors (Lipinski definition) is 1. The Labute approximate surface area is 224 Å². The molecule has 3 heterocycles. The average Bonchev–Trinajstić information content (AvgIpc) is 3.53. The van der Waals surface area contributed by atoms with Gasteiger partial charge >= 0.3 is 12.1 Å². The van der Waals surface area contributed by atoms with E-state index in [0.29, 0.717) is 28.3 Å². The summed E-state index contributed by atoms with van der Waals surface area (Å²) >= 11 is 0. The van der Waals surface area contributed by atoms with Crippen molar-refractivity contribution in [2.24, 2.45) is 4.99 Å². The van der Waals surface area contributed by atoms with Crippen LogP contribution < -0.4 is 15.0 Å². The van der Waals surface area contributed by atoms with Gasteiger partial charge in [0.25, 0.3) is 0 Å². The zero-order chi connectivity index (χ0) is 28.2. The van der Waals surface area contributed by atoms with Crippen LogP contribution in [0.2, 0.25) is 0 Å². The standard InChI is InChI=1S/C26H31FN6O6/c1-26(2,3)39-25(35)28-9-11-37-20-7-6-17(27)12-16(20)14-32(4)21-8-10-33-22(31-21)18(13-29-33)23-30-19(15-38-23)24(34)36-5/h6-8,10,12-13,19H,9,11,14-15H2,1-5H3,(H,28,35). The molecular formula is C26H31FN6O6. The molecule has 12 nitrogen and oxygen atoms in total. The number of nitrogens with one attached hydrogen (secondary N) is 1. The number of hydrogen-bond acceptors (Lipinski definition) is 10. The molecule has 0 saturated heterocycles. The van der Waals surface area contributed by atoms with Gasteiger partial charge in [0.05, 0.1) is 19.9 Å². The highest BCUT2D eigenvalue weighted by molar-refractivity contribution is 6.02. The van der Waals surface area contributed by atoms with E-state index >= 15 is 0 Å². The second-order valence-corrected chi connectivity index (χ2v) is 9.78. The number of methoxy groups -OCH3 is 1. The first kappa shape index (κ1) is 27.6. The minimum Gasteiger partial charge on any atom is -0.491 e. The van der Waals surface area contributed by atoms with Crippen molar-refractivity contribution >= 4 is 29.4 Å². The van der Waals surface area contributed by atoms with Crippen molar-refractivity contribution in [2.45, 2.75) is 39.0 Å². The second kappa shape index (κ2) is 11.5. The first-order valence-electron chi connectivity index (χ1n) is 12.3. The van der Waals surface area contributed by atoms with E-state index in [1.165, 1.54) is 19.2 Å². The summed E-state index contributed by atoms with van der Waals surface area (Å²) in [6, 6.07) is 5.28. The van der Waals surface area contributed by atoms with Crippen molar-refractivity contribution in [3.05, 3.63) is 53.6 Å². The minimum atomic E-state index is -0.739. The van der Waals surface area contributed by atoms with Crippen LogP contribution in [0.25, 0.3) is 5.65 Å². The van der Waals surface area contributed by atoms with Crippen LogP contribution in [-0.4, -0.2) is 78.1 Å². The Morgan fingerprint density at radius 2 is 2.08 bits per heavy atom. The topological polar surface area (TPSA) is 129 Å². The van der Waals surface area contributed by atoms with Crippen LogP contribution in [-0.2, 0) is 25.5 Å². The fourth-order valence-electron chi connectivity index (χ4n) is 3.78. The molecule has 0 bridgehead atoms. The Kier molecular flexibility index (Phi) is 8.17. The van der Waals surface area contributed by atoms with Crippen molar-refractivity contribution in [1.29, 1.82) is 0 Å². The van der Waals surface area contributed by atoms with Gasteiger partial charge in [-0.05, 0) is 45.0 Å². The lowest BCUT2D eigenvalue weighted by Crippen LogP contribution is -2.34. The van der Waals surface area contributed by atoms with E-state index in [2.05, 4.69) is 15.4 Å². The molecule has 1 N–H and O–H groups in total. The number of aliphatic imine (C=N–C) groups is 1. The maximum Gasteiger partial charge on any atom is 0.407 e. The van der Waals surface area contributed by atoms with Gasteiger partial charge in [-0.2, -0.15) is 5.10 Å². The van der Waals surface area contributed by atoms with Crippen LogP contribution >= 0.6 is 0 Å². The second-order valence-electron chi connectivity index (χ2n) is 9.78. The molecule has 1 aliphatic rings. The summed E-state index contributed by atoms with van der Waals surface area (Å²) in [7, 11) is 3.11. The monoisotopic (exact) mass is 542 g/mol. The third-order valence-corrected chi connectivity index (χ3v) is 5.56. The molecule has 0 spiro atoms. The number of alkyl carbamates (subject to hydrolysis) is 1. The molecule has 1 atom stereocenters. The van der Waals surface area contributed by atoms with E-state index in [4.69, 9.17) is 23.9 Å². The van der Waals surface area contributed by atoms with Crippen LogP contribution in [0.4, 0.5) is 15.0 Å². The smallest absolute Gasteiger partial charge is 0.407 e. The minimum absolute atomic E-state index is 0.0780. The van der Waals surface area contributed by atoms with E-state index < -0.39 is 29.5 Å². The number of fused-ring (bicyclic) bond motifs is 1. The van der Waals surface area contributed by atoms with Crippen LogP contribution in [0, 0.1) is 5.82 Å². The normalized spacial score (nSPS) is 14.9. The van der Waals surface area contributed by atoms with Crippen LogP contribution in [0.5, 0.6) is 5.75 Å². The van der Waals surface area contributed by atoms with Crippen molar-refractivity contribution in [1.82, 2.24) is 19.9 Å². The van der Waals surface area contributed by atoms with Crippen LogP contribution in [0.15, 0.2) is 41.7 Å². The molecule has 0 saturated carbocycles. The maximum absolute atomic E-state index is 14.1. The lowest BCUT2D eigenvalue weighted by atomic mass is 10.2. The fraction of sp³-hybridized carbons (Fsp3) is 0.423. The van der Waals surface area contributed by atoms with Crippen molar-refractivity contribution in [3.63, 3.8) is 0 Å². The lowest BCUT2D eigenvalue weighted by Gasteiger charge is -2.21. The number of halogens is 1. The third-order valence-electron chi connectivity index (χ3n) is 5.56. The van der Waals surface area contributed by atoms with Gasteiger partial charge < -0.3 is 29.2 Å². The van der Waals surface area contributed by atoms with Crippen LogP contribution in [0.1, 0.15) is 31.9 Å². The van der Waals surface area contributed by atoms with Crippen molar-refractivity contribution < 1.29 is 32.9 Å². The summed E-state index contributed by atoms with van der Waals surface area (Å²) in [5.74, 6) is 0.421. The number of benzene rings is 1. The van der Waals surface area contributed by atoms with E-state index in [9.17, 15) is 14.0 Å². The molecule has 1 aliphatic heterocycles. The first-order valence-corrected chi connectivity index (χ1v) is 12.3. The predicted molar refractivity (Wildman–Crippen MR) is 140 cm³/mol. The van der Waals surface area contributed by atoms with Gasteiger partial charge in [-0.1, -0.05) is 0 Å². The molecule has 4 rings (SSSR count). The molecule has 39 heavy (non-hydrogen) atoms. The van der Waals surface area contributed by atoms with Crippen molar-refractivity contribution in [3.8, 4) is 5.75 Å². The van der Waals surface area contributed by atoms with Gasteiger partial charge in [0.1, 0.15) is 41.8 Å². The third kappa shape index (κ3) is 6.92. The molecule has 0 aliphatic carbocycles. The van der Waals surface area contributed by atoms with E-state index in [0.717, 1.165) is 0 Å². The molecule has 2 aromatic heterocycles. The van der Waals surface area contributed by atoms with Gasteiger partial charge in [-0.15, -0.1) is 0 Å². The quantitative estimate of drug-likeness (QED) is 0.321. The van der Waals surface area contributed by atoms with E-state index in [1.807, 2.05) is 11.9 Å². The van der Waals surface area contributed by atoms with Gasteiger partial charge in [0.15, 0.2) is 11.7 Å². The Bertz CT molecular complexity index is 1390. The summed E-state index contributed by atoms with van der Waals surface area (Å²) < 4.78 is 37.1. The number of anilines is 1. The molecule has 13 heteroatoms. The first-order chi connectivity index (χ1) is 18.5. The zero-order valence-corrected chi connectivity index (χ0v) is 22.4. The molecule has 0 radical (unpaired) electrons. The highest BCUT2D eigenvalue weighted by Crippen LogP contribution is 2.24. The molecule has 208 valence electrons. The Morgan fingerprint density at radius 3 is 2.82 bits per heavy atom. The van der Waals surface area contributed by atoms with Crippen LogP contribution in [0.3, 0.4) is 0 Å². The summed E-state index contributed by atoms with van der Waals surface area (Å²) in [6.45, 7) is 6.08. The van der Waals surface area contributed by atoms with E-state index in [1.54, 1.807) is 49.8 Å². The number of esters is 1. The summed E-state index contributed by atoms with van der Waals surface area (Å²) in [6.07, 6.45) is 2.76. The zero-order valence-electron chi connectivity index (χ0n) is 22.4. The Morgan fingerprint density at radius 1 is 1.28 bits per heavy atom. The summed E-state index contributed by atoms with van der Waals surface area (Å²) in [5.41, 5.74) is 1.00. The van der Waals surface area contributed by atoms with Crippen molar-refractivity contribution in [2.75, 3.05) is 38.8 Å². The Balaban J connectivity index is 1.45. The predicted octanol–water partition coefficient (Wildman–Crippen LogP) is 2.73. The van der Waals surface area contributed by atoms with Gasteiger partial charge in [-0.25, -0.2) is 28.5 Å². The Hall–Kier alpha value is -4.42. The molecule has 3 aromatic rings. The lowest BCUT2D eigenvalue weighted by molar-refractivity contribution is -0.142. The van der Waals surface area contributed by atoms with Gasteiger partial charge in [-0.3, -0.25) is 0 Å². The molecule has 1 aromatic carbocycles. The molecule has 1 amide bonds. The molecule has 1 unspecified atom stereocenters. The number of ether oxygens (including phenoxy) is 4. The largest absolute Gasteiger partial charge is 0.491 e. The maximum atomic E-state index is 14.1. The number of aromatic nitrogens is 3. The highest BCUT2D eigenvalue weighted by Gasteiger charge is 2.29. The molecule has 0 fully saturated rings. The molecular weight excluding hydrogens is 511 g/mol. The number of nitrogens with zero attached hydrogens (tertiary/aromatic N) is 5. The number of amides is 1. The van der Waals surface area contributed by atoms with Gasteiger partial charge in [0, 0.05) is 25.4 Å². The number of carbonyl (C=O) groups is 2. The van der Waals surface area contributed by atoms with Gasteiger partial charge in [0.2, 0.25) is 5.90 Å². The SMILES string of the molecule is COC(=O)C1COC(c2cnn3ccc(N(C)Cc4cc(F)ccc4OCCNC(=O)OC(C)(C)C)nc23)=N1. The average molecular weight is 543 g/mol. The summed E-state index contributed by atoms with van der Waals surface area (Å²) in [4.78, 5) is 34.5. The number of rotatable bonds is 9. The highest BCUT2D eigenvalue weighted by atomic mass is 19.1. The summed E-state index contributed by atoms with van der Waals surface area (Å²) in [5, 5.41) is 6.91. The fourth-order valence-corrected chi connectivity index (χ4v) is 3.78. The van der Waals surface area contributed by atoms with E-state index in [-0.39, 0.29) is 32.2 Å².